The second kappa shape index (κ2) is 6.99. The Morgan fingerprint density at radius 3 is 2.64 bits per heavy atom. The van der Waals surface area contributed by atoms with Crippen molar-refractivity contribution in [2.45, 2.75) is 6.04 Å². The van der Waals surface area contributed by atoms with Crippen LogP contribution in [0.4, 0.5) is 5.82 Å². The Morgan fingerprint density at radius 1 is 1.24 bits per heavy atom. The number of nitrogens with zero attached hydrogens (tertiary/aromatic N) is 6. The fourth-order valence-electron chi connectivity index (χ4n) is 2.82. The van der Waals surface area contributed by atoms with Crippen LogP contribution in [-0.4, -0.2) is 85.8 Å². The van der Waals surface area contributed by atoms with Gasteiger partial charge in [0.15, 0.2) is 17.0 Å². The number of aromatic nitrogens is 4. The van der Waals surface area contributed by atoms with E-state index in [-0.39, 0.29) is 32.2 Å². The monoisotopic (exact) mass is 349 g/mol. The van der Waals surface area contributed by atoms with E-state index >= 15 is 0 Å². The van der Waals surface area contributed by atoms with Crippen molar-refractivity contribution in [3.8, 4) is 0 Å². The Morgan fingerprint density at radius 2 is 2.00 bits per heavy atom. The predicted molar refractivity (Wildman–Crippen MR) is 86.5 cm³/mol. The maximum Gasteiger partial charge on any atom is 0.242 e. The summed E-state index contributed by atoms with van der Waals surface area (Å²) in [6.07, 6.45) is 2.83. The molecule has 1 aliphatic rings. The summed E-state index contributed by atoms with van der Waals surface area (Å²) >= 11 is 0. The van der Waals surface area contributed by atoms with Crippen LogP contribution >= 0.6 is 0 Å². The molecule has 0 spiro atoms. The lowest BCUT2D eigenvalue weighted by Gasteiger charge is -2.34. The van der Waals surface area contributed by atoms with Gasteiger partial charge in [-0.05, 0) is 0 Å². The van der Waals surface area contributed by atoms with Crippen molar-refractivity contribution >= 4 is 28.8 Å². The van der Waals surface area contributed by atoms with Crippen LogP contribution in [0.1, 0.15) is 6.04 Å². The van der Waals surface area contributed by atoms with Crippen LogP contribution in [0.3, 0.4) is 0 Å². The first-order valence-corrected chi connectivity index (χ1v) is 7.75. The third kappa shape index (κ3) is 3.23. The SMILES string of the molecule is NC(=O)CN1CCN(c2ncnc3c2ncn3C(CO)CO)CC1=O. The molecule has 3 heterocycles. The number of piperazine rings is 1. The van der Waals surface area contributed by atoms with E-state index in [1.54, 1.807) is 9.47 Å². The standard InChI is InChI=1S/C14H19N7O4/c15-10(24)3-19-1-2-20(4-11(19)25)13-12-14(17-7-16-13)21(8-18-12)9(5-22)6-23/h7-9,22-23H,1-6H2,(H2,15,24). The van der Waals surface area contributed by atoms with Crippen molar-refractivity contribution in [2.24, 2.45) is 5.73 Å². The molecule has 3 rings (SSSR count). The molecule has 2 amide bonds. The Balaban J connectivity index is 1.88. The topological polar surface area (TPSA) is 151 Å². The largest absolute Gasteiger partial charge is 0.394 e. The number of anilines is 1. The number of carbonyl (C=O) groups is 2. The third-order valence-corrected chi connectivity index (χ3v) is 4.12. The van der Waals surface area contributed by atoms with Gasteiger partial charge in [0.1, 0.15) is 6.33 Å². The minimum atomic E-state index is -0.554. The first-order chi connectivity index (χ1) is 12.0. The van der Waals surface area contributed by atoms with Crippen LogP contribution in [-0.2, 0) is 9.59 Å². The average molecular weight is 349 g/mol. The van der Waals surface area contributed by atoms with Crippen molar-refractivity contribution in [1.29, 1.82) is 0 Å². The molecule has 0 unspecified atom stereocenters. The zero-order chi connectivity index (χ0) is 18.0. The molecule has 1 aliphatic heterocycles. The van der Waals surface area contributed by atoms with Gasteiger partial charge in [0.25, 0.3) is 0 Å². The van der Waals surface area contributed by atoms with Crippen LogP contribution in [0.25, 0.3) is 11.2 Å². The fourth-order valence-corrected chi connectivity index (χ4v) is 2.82. The van der Waals surface area contributed by atoms with Crippen molar-refractivity contribution in [2.75, 3.05) is 44.3 Å². The summed E-state index contributed by atoms with van der Waals surface area (Å²) in [6.45, 7) is 0.257. The van der Waals surface area contributed by atoms with Crippen LogP contribution in [0.15, 0.2) is 12.7 Å². The van der Waals surface area contributed by atoms with Gasteiger partial charge in [-0.3, -0.25) is 9.59 Å². The quantitative estimate of drug-likeness (QED) is 0.517. The molecule has 0 saturated carbocycles. The second-order valence-corrected chi connectivity index (χ2v) is 5.74. The Bertz CT molecular complexity index is 789. The van der Waals surface area contributed by atoms with E-state index in [9.17, 15) is 19.8 Å². The first kappa shape index (κ1) is 17.0. The first-order valence-electron chi connectivity index (χ1n) is 7.75. The number of carbonyl (C=O) groups excluding carboxylic acids is 2. The third-order valence-electron chi connectivity index (χ3n) is 4.12. The summed E-state index contributed by atoms with van der Waals surface area (Å²) in [5, 5.41) is 18.7. The number of rotatable bonds is 6. The smallest absolute Gasteiger partial charge is 0.242 e. The number of primary amides is 1. The highest BCUT2D eigenvalue weighted by atomic mass is 16.3. The molecule has 11 nitrogen and oxygen atoms in total. The van der Waals surface area contributed by atoms with Crippen LogP contribution in [0.2, 0.25) is 0 Å². The molecule has 0 aromatic carbocycles. The Kier molecular flexibility index (Phi) is 4.76. The molecule has 25 heavy (non-hydrogen) atoms. The van der Waals surface area contributed by atoms with E-state index in [2.05, 4.69) is 15.0 Å². The van der Waals surface area contributed by atoms with Gasteiger partial charge in [-0.25, -0.2) is 15.0 Å². The minimum Gasteiger partial charge on any atom is -0.394 e. The Hall–Kier alpha value is -2.79. The molecular formula is C14H19N7O4. The number of hydrogen-bond acceptors (Lipinski definition) is 8. The van der Waals surface area contributed by atoms with Crippen LogP contribution in [0, 0.1) is 0 Å². The molecular weight excluding hydrogens is 330 g/mol. The van der Waals surface area contributed by atoms with Crippen molar-refractivity contribution in [3.63, 3.8) is 0 Å². The summed E-state index contributed by atoms with van der Waals surface area (Å²) < 4.78 is 1.58. The average Bonchev–Trinajstić information content (AvgIpc) is 3.02. The number of nitrogens with two attached hydrogens (primary N) is 1. The van der Waals surface area contributed by atoms with Crippen LogP contribution in [0.5, 0.6) is 0 Å². The van der Waals surface area contributed by atoms with Gasteiger partial charge in [-0.1, -0.05) is 0 Å². The minimum absolute atomic E-state index is 0.0513. The molecule has 4 N–H and O–H groups in total. The van der Waals surface area contributed by atoms with E-state index in [0.717, 1.165) is 0 Å². The van der Waals surface area contributed by atoms with Crippen LogP contribution < -0.4 is 10.6 Å². The summed E-state index contributed by atoms with van der Waals surface area (Å²) in [7, 11) is 0. The molecule has 1 saturated heterocycles. The molecule has 134 valence electrons. The zero-order valence-corrected chi connectivity index (χ0v) is 13.4. The Labute approximate surface area is 142 Å². The highest BCUT2D eigenvalue weighted by molar-refractivity contribution is 5.90. The summed E-state index contributed by atoms with van der Waals surface area (Å²) in [6, 6.07) is -0.554. The lowest BCUT2D eigenvalue weighted by molar-refractivity contribution is -0.135. The summed E-state index contributed by atoms with van der Waals surface area (Å²) in [5.74, 6) is -0.283. The molecule has 0 aliphatic carbocycles. The zero-order valence-electron chi connectivity index (χ0n) is 13.4. The van der Waals surface area contributed by atoms with E-state index in [1.165, 1.54) is 17.6 Å². The van der Waals surface area contributed by atoms with E-state index < -0.39 is 11.9 Å². The molecule has 0 bridgehead atoms. The number of aliphatic hydroxyl groups excluding tert-OH is 2. The molecule has 2 aromatic heterocycles. The highest BCUT2D eigenvalue weighted by Gasteiger charge is 2.28. The maximum absolute atomic E-state index is 12.2. The maximum atomic E-state index is 12.2. The normalized spacial score (nSPS) is 15.4. The van der Waals surface area contributed by atoms with Gasteiger partial charge in [-0.15, -0.1) is 0 Å². The molecule has 0 atom stereocenters. The van der Waals surface area contributed by atoms with Gasteiger partial charge < -0.3 is 30.3 Å². The molecule has 2 aromatic rings. The van der Waals surface area contributed by atoms with Crippen molar-refractivity contribution in [3.05, 3.63) is 12.7 Å². The predicted octanol–water partition coefficient (Wildman–Crippen LogP) is -2.51. The highest BCUT2D eigenvalue weighted by Crippen LogP contribution is 2.24. The van der Waals surface area contributed by atoms with Gasteiger partial charge >= 0.3 is 0 Å². The molecule has 0 radical (unpaired) electrons. The number of hydrogen-bond donors (Lipinski definition) is 3. The van der Waals surface area contributed by atoms with Gasteiger partial charge in [0, 0.05) is 13.1 Å². The summed E-state index contributed by atoms with van der Waals surface area (Å²) in [5.41, 5.74) is 6.08. The van der Waals surface area contributed by atoms with Gasteiger partial charge in [-0.2, -0.15) is 0 Å². The van der Waals surface area contributed by atoms with Gasteiger partial charge in [0.2, 0.25) is 11.8 Å². The van der Waals surface area contributed by atoms with E-state index in [4.69, 9.17) is 5.73 Å². The second-order valence-electron chi connectivity index (χ2n) is 5.74. The summed E-state index contributed by atoms with van der Waals surface area (Å²) in [4.78, 5) is 39.0. The lowest BCUT2D eigenvalue weighted by atomic mass is 10.3. The lowest BCUT2D eigenvalue weighted by Crippen LogP contribution is -2.52. The van der Waals surface area contributed by atoms with E-state index in [0.29, 0.717) is 30.1 Å². The fraction of sp³-hybridized carbons (Fsp3) is 0.500. The number of fused-ring (bicyclic) bond motifs is 1. The molecule has 11 heteroatoms. The van der Waals surface area contributed by atoms with E-state index in [1.807, 2.05) is 0 Å². The van der Waals surface area contributed by atoms with Crippen molar-refractivity contribution < 1.29 is 19.8 Å². The van der Waals surface area contributed by atoms with Crippen molar-refractivity contribution in [1.82, 2.24) is 24.4 Å². The molecule has 1 fully saturated rings. The number of amides is 2. The number of imidazole rings is 1. The van der Waals surface area contributed by atoms with Gasteiger partial charge in [0.05, 0.1) is 38.7 Å². The number of aliphatic hydroxyl groups is 2.